The van der Waals surface area contributed by atoms with E-state index >= 15 is 0 Å². The highest BCUT2D eigenvalue weighted by atomic mass is 32.1. The molecule has 0 radical (unpaired) electrons. The van der Waals surface area contributed by atoms with Gasteiger partial charge in [-0.25, -0.2) is 4.98 Å². The Bertz CT molecular complexity index is 1030. The minimum atomic E-state index is 0.570. The first-order valence-electron chi connectivity index (χ1n) is 7.46. The molecule has 24 heavy (non-hydrogen) atoms. The predicted octanol–water partition coefficient (Wildman–Crippen LogP) is 5.62. The van der Waals surface area contributed by atoms with E-state index in [1.54, 1.807) is 17.4 Å². The molecule has 0 aliphatic carbocycles. The minimum Gasteiger partial charge on any atom is -0.454 e. The first-order chi connectivity index (χ1) is 11.8. The molecule has 4 aromatic rings. The second-order valence-corrected chi connectivity index (χ2v) is 6.26. The van der Waals surface area contributed by atoms with Crippen LogP contribution >= 0.6 is 11.3 Å². The van der Waals surface area contributed by atoms with Gasteiger partial charge in [0, 0.05) is 0 Å². The molecule has 2 aromatic heterocycles. The first-order valence-corrected chi connectivity index (χ1v) is 8.28. The maximum Gasteiger partial charge on any atom is 0.163 e. The number of hydrogen-bond donors (Lipinski definition) is 0. The van der Waals surface area contributed by atoms with E-state index in [1.165, 1.54) is 0 Å². The molecule has 2 heterocycles. The molecule has 4 heteroatoms. The van der Waals surface area contributed by atoms with Gasteiger partial charge in [0.05, 0.1) is 21.9 Å². The van der Waals surface area contributed by atoms with Crippen LogP contribution in [-0.4, -0.2) is 4.98 Å². The summed E-state index contributed by atoms with van der Waals surface area (Å²) in [7, 11) is 0. The molecule has 2 aromatic carbocycles. The molecule has 0 saturated carbocycles. The topological polar surface area (TPSA) is 49.8 Å². The Balaban J connectivity index is 1.69. The molecule has 0 N–H and O–H groups in total. The number of benzene rings is 2. The van der Waals surface area contributed by atoms with Crippen LogP contribution in [0.4, 0.5) is 0 Å². The zero-order valence-electron chi connectivity index (χ0n) is 12.6. The van der Waals surface area contributed by atoms with Crippen molar-refractivity contribution in [3.05, 3.63) is 78.1 Å². The summed E-state index contributed by atoms with van der Waals surface area (Å²) in [5, 5.41) is 10.2. The van der Waals surface area contributed by atoms with Gasteiger partial charge in [-0.1, -0.05) is 42.5 Å². The fraction of sp³-hybridized carbons (Fsp3) is 0. The predicted molar refractivity (Wildman–Crippen MR) is 97.2 cm³/mol. The van der Waals surface area contributed by atoms with Crippen LogP contribution in [0.15, 0.2) is 71.1 Å². The monoisotopic (exact) mass is 328 g/mol. The number of furan rings is 1. The van der Waals surface area contributed by atoms with Crippen LogP contribution in [0, 0.1) is 11.3 Å². The van der Waals surface area contributed by atoms with Gasteiger partial charge in [-0.15, -0.1) is 11.3 Å². The third-order valence-corrected chi connectivity index (χ3v) is 4.67. The summed E-state index contributed by atoms with van der Waals surface area (Å²) in [5.41, 5.74) is 2.41. The highest BCUT2D eigenvalue weighted by Gasteiger charge is 2.10. The molecule has 0 aliphatic rings. The summed E-state index contributed by atoms with van der Waals surface area (Å²) in [6.07, 6.45) is 1.76. The highest BCUT2D eigenvalue weighted by Crippen LogP contribution is 2.31. The lowest BCUT2D eigenvalue weighted by molar-refractivity contribution is 0.571. The summed E-state index contributed by atoms with van der Waals surface area (Å²) in [4.78, 5) is 4.59. The van der Waals surface area contributed by atoms with Crippen molar-refractivity contribution in [3.8, 4) is 16.8 Å². The Kier molecular flexibility index (Phi) is 3.70. The number of nitriles is 1. The van der Waals surface area contributed by atoms with E-state index in [0.717, 1.165) is 20.8 Å². The Labute approximate surface area is 143 Å². The summed E-state index contributed by atoms with van der Waals surface area (Å²) in [5.74, 6) is 1.36. The molecular formula is C20H12N2OS. The molecular weight excluding hydrogens is 316 g/mol. The molecule has 114 valence electrons. The number of aromatic nitrogens is 1. The maximum atomic E-state index is 9.39. The number of fused-ring (bicyclic) bond motifs is 1. The first kappa shape index (κ1) is 14.4. The summed E-state index contributed by atoms with van der Waals surface area (Å²) in [6.45, 7) is 0. The number of rotatable bonds is 3. The Morgan fingerprint density at radius 1 is 1.00 bits per heavy atom. The van der Waals surface area contributed by atoms with E-state index in [1.807, 2.05) is 66.7 Å². The molecule has 0 saturated heterocycles. The fourth-order valence-electron chi connectivity index (χ4n) is 2.46. The van der Waals surface area contributed by atoms with Crippen LogP contribution in [0.1, 0.15) is 11.3 Å². The van der Waals surface area contributed by atoms with Crippen molar-refractivity contribution in [1.29, 1.82) is 5.26 Å². The lowest BCUT2D eigenvalue weighted by atomic mass is 10.1. The van der Waals surface area contributed by atoms with E-state index < -0.39 is 0 Å². The zero-order chi connectivity index (χ0) is 16.4. The van der Waals surface area contributed by atoms with E-state index in [2.05, 4.69) is 11.1 Å². The molecule has 0 fully saturated rings. The van der Waals surface area contributed by atoms with E-state index in [-0.39, 0.29) is 0 Å². The molecule has 0 spiro atoms. The van der Waals surface area contributed by atoms with Crippen LogP contribution in [-0.2, 0) is 0 Å². The molecule has 0 aliphatic heterocycles. The Morgan fingerprint density at radius 3 is 2.58 bits per heavy atom. The van der Waals surface area contributed by atoms with Crippen molar-refractivity contribution < 1.29 is 4.42 Å². The Morgan fingerprint density at radius 2 is 1.79 bits per heavy atom. The largest absolute Gasteiger partial charge is 0.454 e. The van der Waals surface area contributed by atoms with Crippen molar-refractivity contribution in [1.82, 2.24) is 4.98 Å². The smallest absolute Gasteiger partial charge is 0.163 e. The van der Waals surface area contributed by atoms with Crippen LogP contribution in [0.5, 0.6) is 0 Å². The van der Waals surface area contributed by atoms with Gasteiger partial charge in [0.15, 0.2) is 10.8 Å². The van der Waals surface area contributed by atoms with Crippen molar-refractivity contribution in [2.24, 2.45) is 0 Å². The Hall–Kier alpha value is -3.16. The van der Waals surface area contributed by atoms with Gasteiger partial charge in [0.25, 0.3) is 0 Å². The average Bonchev–Trinajstić information content (AvgIpc) is 3.27. The molecule has 3 nitrogen and oxygen atoms in total. The molecule has 0 atom stereocenters. The quantitative estimate of drug-likeness (QED) is 0.459. The van der Waals surface area contributed by atoms with Gasteiger partial charge in [0.2, 0.25) is 0 Å². The van der Waals surface area contributed by atoms with Gasteiger partial charge in [0.1, 0.15) is 5.76 Å². The van der Waals surface area contributed by atoms with E-state index in [0.29, 0.717) is 17.1 Å². The van der Waals surface area contributed by atoms with Gasteiger partial charge >= 0.3 is 0 Å². The van der Waals surface area contributed by atoms with Crippen LogP contribution in [0.2, 0.25) is 0 Å². The molecule has 0 unspecified atom stereocenters. The number of para-hydroxylation sites is 1. The minimum absolute atomic E-state index is 0.570. The lowest BCUT2D eigenvalue weighted by Crippen LogP contribution is -1.79. The van der Waals surface area contributed by atoms with Crippen molar-refractivity contribution >= 4 is 33.2 Å². The normalized spacial score (nSPS) is 11.5. The van der Waals surface area contributed by atoms with Gasteiger partial charge in [-0.3, -0.25) is 0 Å². The maximum absolute atomic E-state index is 9.39. The SMILES string of the molecule is N#CC(=Cc1ccc(-c2nc3ccccc3s2)o1)c1ccccc1. The van der Waals surface area contributed by atoms with E-state index in [4.69, 9.17) is 4.42 Å². The molecule has 0 amide bonds. The van der Waals surface area contributed by atoms with Gasteiger partial charge in [-0.05, 0) is 35.9 Å². The summed E-state index contributed by atoms with van der Waals surface area (Å²) < 4.78 is 7.00. The fourth-order valence-corrected chi connectivity index (χ4v) is 3.39. The van der Waals surface area contributed by atoms with Crippen LogP contribution in [0.25, 0.3) is 32.6 Å². The van der Waals surface area contributed by atoms with Crippen molar-refractivity contribution in [2.45, 2.75) is 0 Å². The van der Waals surface area contributed by atoms with Crippen molar-refractivity contribution in [3.63, 3.8) is 0 Å². The number of nitrogens with zero attached hydrogens (tertiary/aromatic N) is 2. The standard InChI is InChI=1S/C20H12N2OS/c21-13-15(14-6-2-1-3-7-14)12-16-10-11-18(23-16)20-22-17-8-4-5-9-19(17)24-20/h1-12H. The highest BCUT2D eigenvalue weighted by molar-refractivity contribution is 7.21. The third-order valence-electron chi connectivity index (χ3n) is 3.62. The summed E-state index contributed by atoms with van der Waals surface area (Å²) >= 11 is 1.59. The van der Waals surface area contributed by atoms with Gasteiger partial charge < -0.3 is 4.42 Å². The second kappa shape index (κ2) is 6.15. The number of thiazole rings is 1. The van der Waals surface area contributed by atoms with Crippen LogP contribution < -0.4 is 0 Å². The number of hydrogen-bond acceptors (Lipinski definition) is 4. The van der Waals surface area contributed by atoms with E-state index in [9.17, 15) is 5.26 Å². The zero-order valence-corrected chi connectivity index (χ0v) is 13.5. The average molecular weight is 328 g/mol. The second-order valence-electron chi connectivity index (χ2n) is 5.22. The van der Waals surface area contributed by atoms with Crippen LogP contribution in [0.3, 0.4) is 0 Å². The van der Waals surface area contributed by atoms with Gasteiger partial charge in [-0.2, -0.15) is 5.26 Å². The third kappa shape index (κ3) is 2.73. The number of allylic oxidation sites excluding steroid dienone is 1. The molecule has 0 bridgehead atoms. The summed E-state index contributed by atoms with van der Waals surface area (Å²) in [6, 6.07) is 23.6. The lowest BCUT2D eigenvalue weighted by Gasteiger charge is -1.97. The molecule has 4 rings (SSSR count). The van der Waals surface area contributed by atoms with Crippen molar-refractivity contribution in [2.75, 3.05) is 0 Å².